The molecule has 0 aliphatic rings. The van der Waals surface area contributed by atoms with Crippen LogP contribution >= 0.6 is 55.8 Å². The van der Waals surface area contributed by atoms with Crippen molar-refractivity contribution in [3.63, 3.8) is 0 Å². The molecule has 0 heterocycles. The van der Waals surface area contributed by atoms with Gasteiger partial charge in [-0.3, -0.25) is 23.9 Å². The van der Waals surface area contributed by atoms with Gasteiger partial charge in [-0.05, 0) is 113 Å². The van der Waals surface area contributed by atoms with Gasteiger partial charge in [-0.1, -0.05) is 110 Å². The van der Waals surface area contributed by atoms with E-state index in [2.05, 4.69) is 73.9 Å². The monoisotopic (exact) mass is 1250 g/mol. The Morgan fingerprint density at radius 2 is 0.896 bits per heavy atom. The maximum Gasteiger partial charge on any atom is 0.335 e. The average molecular weight is 1250 g/mol. The van der Waals surface area contributed by atoms with Crippen LogP contribution in [0.4, 0.5) is 22.7 Å². The standard InChI is InChI=1S/C23H20N2O3.C7H5ClO.C7H8N2O2.2C6H5OPS2.CH4NP.CH5N.Cl2OS/c1-2-21(26)18-13-19(24-22(27)16-9-5-3-6-10-16)15-20(14-18)25-23(28)17-11-7-4-8-12-17;8-7(9)6-4-2-1-3-5-6;8-5-1-4(7(10)11)2-6(9)3-5;2*7-8(10-9)6-4-2-1-3-5-6;1-2-3;1-2;1-4(2)3/h3-15H,2H2,1H3,(H,24,27)(H,25,28);1-5H;1-3H,8-9H2,(H,10,11);2*1-5H;3H,1H3;2H2,1H3;. The quantitative estimate of drug-likeness (QED) is 0.0322. The summed E-state index contributed by atoms with van der Waals surface area (Å²) in [6, 6.07) is 53.9. The minimum atomic E-state index is -1.67. The van der Waals surface area contributed by atoms with Crippen LogP contribution in [0.15, 0.2) is 193 Å². The van der Waals surface area contributed by atoms with E-state index in [1.54, 1.807) is 105 Å². The number of hydrogen-bond donors (Lipinski definition) is 6. The number of nitrogens with two attached hydrogens (primary N) is 3. The summed E-state index contributed by atoms with van der Waals surface area (Å²) < 4.78 is 12.4. The van der Waals surface area contributed by atoms with Crippen LogP contribution in [-0.2, 0) is 50.6 Å². The van der Waals surface area contributed by atoms with E-state index >= 15 is 0 Å². The van der Waals surface area contributed by atoms with E-state index in [0.29, 0.717) is 51.4 Å². The van der Waals surface area contributed by atoms with Gasteiger partial charge in [0.25, 0.3) is 17.1 Å². The molecule has 0 spiro atoms. The highest BCUT2D eigenvalue weighted by atomic mass is 36.0. The lowest BCUT2D eigenvalue weighted by Gasteiger charge is -2.12. The minimum absolute atomic E-state index is 0.0778. The molecule has 15 nitrogen and oxygen atoms in total. The first-order valence-corrected chi connectivity index (χ1v) is 32.4. The Kier molecular flexibility index (Phi) is 40.2. The molecule has 7 rings (SSSR count). The number of benzene rings is 7. The van der Waals surface area contributed by atoms with Crippen molar-refractivity contribution >= 4 is 169 Å². The number of nitrogen functional groups attached to an aromatic ring is 2. The molecule has 2 amide bonds. The number of Topliss-reactive ketones (excluding diaryl/α,β-unsaturated/α-hetero) is 1. The van der Waals surface area contributed by atoms with Crippen molar-refractivity contribution in [2.75, 3.05) is 36.2 Å². The zero-order valence-corrected chi connectivity index (χ0v) is 50.2. The van der Waals surface area contributed by atoms with Gasteiger partial charge in [0, 0.05) is 102 Å². The van der Waals surface area contributed by atoms with Crippen LogP contribution in [-0.4, -0.2) is 52.2 Å². The highest BCUT2D eigenvalue weighted by Gasteiger charge is 2.13. The second kappa shape index (κ2) is 43.4. The van der Waals surface area contributed by atoms with Gasteiger partial charge in [-0.25, -0.2) is 9.00 Å². The number of carbonyl (C=O) groups is 5. The molecule has 0 aromatic heterocycles. The lowest BCUT2D eigenvalue weighted by molar-refractivity contribution is -0.149. The number of halogens is 3. The van der Waals surface area contributed by atoms with Crippen LogP contribution in [0.3, 0.4) is 0 Å². The topological polar surface area (TPSA) is 283 Å². The summed E-state index contributed by atoms with van der Waals surface area (Å²) in [5.74, 6) is -1.68. The minimum Gasteiger partial charge on any atom is -0.615 e. The van der Waals surface area contributed by atoms with Crippen molar-refractivity contribution in [1.82, 2.24) is 0 Å². The number of ketones is 1. The van der Waals surface area contributed by atoms with E-state index in [9.17, 15) is 33.8 Å². The van der Waals surface area contributed by atoms with E-state index in [1.165, 1.54) is 25.2 Å². The van der Waals surface area contributed by atoms with E-state index in [1.807, 2.05) is 78.9 Å². The molecule has 7 aromatic rings. The Hall–Kier alpha value is -5.63. The van der Waals surface area contributed by atoms with Gasteiger partial charge in [0.15, 0.2) is 30.2 Å². The van der Waals surface area contributed by atoms with Crippen molar-refractivity contribution in [3.05, 3.63) is 216 Å². The number of nitrogens with zero attached hydrogens (tertiary/aromatic N) is 1. The molecule has 0 radical (unpaired) electrons. The van der Waals surface area contributed by atoms with E-state index < -0.39 is 34.3 Å². The fourth-order valence-corrected chi connectivity index (χ4v) is 9.20. The van der Waals surface area contributed by atoms with Gasteiger partial charge in [-0.15, -0.1) is 0 Å². The van der Waals surface area contributed by atoms with Crippen LogP contribution in [0.1, 0.15) is 65.1 Å². The number of carbonyl (C=O) groups excluding carboxylic acids is 4. The van der Waals surface area contributed by atoms with Crippen LogP contribution in [0.5, 0.6) is 0 Å². The maximum atomic E-state index is 12.4. The lowest BCUT2D eigenvalue weighted by Crippen LogP contribution is -2.15. The third kappa shape index (κ3) is 32.7. The predicted molar refractivity (Wildman–Crippen MR) is 331 cm³/mol. The number of hydrogen-bond acceptors (Lipinski definition) is 14. The molecule has 0 aliphatic heterocycles. The van der Waals surface area contributed by atoms with E-state index in [0.717, 1.165) is 29.6 Å². The number of rotatable bonds is 10. The highest BCUT2D eigenvalue weighted by Crippen LogP contribution is 2.22. The molecular weight excluding hydrogens is 1200 g/mol. The molecule has 0 saturated heterocycles. The number of anilines is 4. The van der Waals surface area contributed by atoms with Crippen molar-refractivity contribution in [2.24, 2.45) is 10.5 Å². The molecule has 406 valence electrons. The third-order valence-electron chi connectivity index (χ3n) is 8.46. The summed E-state index contributed by atoms with van der Waals surface area (Å²) in [5, 5.41) is 15.3. The molecule has 0 aliphatic carbocycles. The molecule has 77 heavy (non-hydrogen) atoms. The molecule has 26 heteroatoms. The number of amides is 2. The first-order valence-electron chi connectivity index (χ1n) is 21.6. The Morgan fingerprint density at radius 3 is 1.16 bits per heavy atom. The molecule has 0 fully saturated rings. The fraction of sp³-hybridized carbons (Fsp3) is 0.0784. The van der Waals surface area contributed by atoms with Crippen LogP contribution in [0.25, 0.3) is 0 Å². The summed E-state index contributed by atoms with van der Waals surface area (Å²) in [5.41, 5.74) is 18.9. The zero-order chi connectivity index (χ0) is 58.1. The van der Waals surface area contributed by atoms with Gasteiger partial charge in [-0.2, -0.15) is 0 Å². The van der Waals surface area contributed by atoms with Crippen molar-refractivity contribution in [1.29, 1.82) is 0 Å². The Balaban J connectivity index is 0.000000981. The lowest BCUT2D eigenvalue weighted by atomic mass is 10.1. The summed E-state index contributed by atoms with van der Waals surface area (Å²) in [6.07, 6.45) is 0.322. The average Bonchev–Trinajstić information content (AvgIpc) is 3.44. The normalized spacial score (nSPS) is 9.58. The summed E-state index contributed by atoms with van der Waals surface area (Å²) in [6.45, 7) is -1.02. The van der Waals surface area contributed by atoms with E-state index in [-0.39, 0.29) is 23.2 Å². The summed E-state index contributed by atoms with van der Waals surface area (Å²) in [4.78, 5) is 79.9. The number of carboxylic acids is 1. The SMILES string of the molecule is CCC(=O)c1cc(NC(=O)c2ccccc2)cc(NC(=O)c2ccccc2)c1.CN.CN=P.Nc1cc(N)cc(C(=O)O)c1.O=C(Cl)c1ccccc1.O=S(Cl)Cl.[O-][P+](=S=S)c1ccccc1.[O-][P+](=S=S)c1ccccc1. The Bertz CT molecular complexity index is 2930. The van der Waals surface area contributed by atoms with Gasteiger partial charge in [0.1, 0.15) is 19.0 Å². The van der Waals surface area contributed by atoms with Crippen molar-refractivity contribution in [2.45, 2.75) is 13.3 Å². The predicted octanol–water partition coefficient (Wildman–Crippen LogP) is 10.0. The van der Waals surface area contributed by atoms with Crippen LogP contribution in [0, 0.1) is 0 Å². The molecule has 0 bridgehead atoms. The first-order chi connectivity index (χ1) is 36.8. The van der Waals surface area contributed by atoms with Gasteiger partial charge >= 0.3 is 5.97 Å². The number of carboxylic acid groups (broad SMARTS) is 1. The van der Waals surface area contributed by atoms with Gasteiger partial charge < -0.3 is 42.7 Å². The largest absolute Gasteiger partial charge is 0.615 e. The number of nitrogens with one attached hydrogen (secondary N) is 2. The third-order valence-corrected chi connectivity index (χ3v) is 14.9. The van der Waals surface area contributed by atoms with Crippen molar-refractivity contribution < 1.29 is 43.1 Å². The molecule has 0 saturated carbocycles. The summed E-state index contributed by atoms with van der Waals surface area (Å²) in [7, 11) is 15.3. The zero-order valence-electron chi connectivity index (χ0n) is 41.1. The summed E-state index contributed by atoms with van der Waals surface area (Å²) >= 11 is 14.3. The molecular formula is C51H52Cl3N6O9P3S5. The van der Waals surface area contributed by atoms with Crippen LogP contribution in [0.2, 0.25) is 0 Å². The van der Waals surface area contributed by atoms with Crippen molar-refractivity contribution in [3.8, 4) is 0 Å². The Morgan fingerprint density at radius 1 is 0.597 bits per heavy atom. The van der Waals surface area contributed by atoms with Crippen LogP contribution < -0.4 is 48.2 Å². The van der Waals surface area contributed by atoms with Gasteiger partial charge in [0.2, 0.25) is 9.23 Å². The second-order valence-electron chi connectivity index (χ2n) is 13.8. The smallest absolute Gasteiger partial charge is 0.335 e. The highest BCUT2D eigenvalue weighted by molar-refractivity contribution is 8.35. The molecule has 9 N–H and O–H groups in total. The first kappa shape index (κ1) is 71.4. The molecule has 2 atom stereocenters. The second-order valence-corrected chi connectivity index (χ2v) is 25.0. The Labute approximate surface area is 483 Å². The fourth-order valence-electron chi connectivity index (χ4n) is 5.28. The molecule has 7 aromatic carbocycles. The van der Waals surface area contributed by atoms with Gasteiger partial charge in [0.05, 0.1) is 5.56 Å². The number of aromatic carboxylic acids is 1. The molecule has 2 unspecified atom stereocenters. The maximum absolute atomic E-state index is 12.4. The van der Waals surface area contributed by atoms with E-state index in [4.69, 9.17) is 32.4 Å².